The number of aryl methyl sites for hydroxylation is 1. The topological polar surface area (TPSA) is 86.9 Å². The zero-order valence-corrected chi connectivity index (χ0v) is 10.2. The molecule has 1 aromatic rings. The Labute approximate surface area is 103 Å². The van der Waals surface area contributed by atoms with Crippen LogP contribution in [0.4, 0.5) is 5.95 Å². The number of nitrogens with zero attached hydrogens (tertiary/aromatic N) is 6. The van der Waals surface area contributed by atoms with E-state index in [0.29, 0.717) is 29.8 Å². The summed E-state index contributed by atoms with van der Waals surface area (Å²) < 4.78 is 1.75. The number of anilines is 1. The van der Waals surface area contributed by atoms with Crippen molar-refractivity contribution in [1.82, 2.24) is 9.55 Å². The Morgan fingerprint density at radius 1 is 1.65 bits per heavy atom. The van der Waals surface area contributed by atoms with Crippen LogP contribution in [0.5, 0.6) is 0 Å². The lowest BCUT2D eigenvalue weighted by Gasteiger charge is -2.15. The molecule has 1 aromatic heterocycles. The summed E-state index contributed by atoms with van der Waals surface area (Å²) in [5.41, 5.74) is 9.10. The molecule has 0 fully saturated rings. The molecule has 0 saturated heterocycles. The molecule has 0 aromatic carbocycles. The molecule has 1 amide bonds. The molecular formula is C9H11ClN6O. The van der Waals surface area contributed by atoms with E-state index in [-0.39, 0.29) is 5.91 Å². The average molecular weight is 255 g/mol. The number of fused-ring (bicyclic) bond motifs is 1. The van der Waals surface area contributed by atoms with Gasteiger partial charge in [0, 0.05) is 18.5 Å². The smallest absolute Gasteiger partial charge is 0.238 e. The van der Waals surface area contributed by atoms with E-state index in [1.165, 1.54) is 4.90 Å². The zero-order chi connectivity index (χ0) is 12.6. The van der Waals surface area contributed by atoms with Gasteiger partial charge in [-0.05, 0) is 18.9 Å². The molecule has 0 saturated carbocycles. The van der Waals surface area contributed by atoms with Gasteiger partial charge in [0.1, 0.15) is 11.2 Å². The first-order valence-corrected chi connectivity index (χ1v) is 5.48. The van der Waals surface area contributed by atoms with Gasteiger partial charge in [-0.25, -0.2) is 4.98 Å². The zero-order valence-electron chi connectivity index (χ0n) is 9.46. The van der Waals surface area contributed by atoms with Gasteiger partial charge in [-0.2, -0.15) is 0 Å². The first-order chi connectivity index (χ1) is 8.06. The van der Waals surface area contributed by atoms with Gasteiger partial charge in [0.05, 0.1) is 5.69 Å². The van der Waals surface area contributed by atoms with E-state index in [1.54, 1.807) is 18.5 Å². The van der Waals surface area contributed by atoms with Crippen LogP contribution >= 0.6 is 11.6 Å². The SMILES string of the molecule is Cc1nc2n(c1Cl)CCC(N=[N+]=[N-])C(=O)N2C. The van der Waals surface area contributed by atoms with Crippen LogP contribution in [0.2, 0.25) is 5.15 Å². The summed E-state index contributed by atoms with van der Waals surface area (Å²) >= 11 is 6.10. The highest BCUT2D eigenvalue weighted by Crippen LogP contribution is 2.27. The molecule has 0 bridgehead atoms. The molecular weight excluding hydrogens is 244 g/mol. The van der Waals surface area contributed by atoms with Gasteiger partial charge in [-0.3, -0.25) is 9.69 Å². The second kappa shape index (κ2) is 4.27. The fourth-order valence-electron chi connectivity index (χ4n) is 1.86. The van der Waals surface area contributed by atoms with Gasteiger partial charge in [0.2, 0.25) is 11.9 Å². The number of azide groups is 1. The molecule has 90 valence electrons. The molecule has 1 unspecified atom stereocenters. The van der Waals surface area contributed by atoms with E-state index >= 15 is 0 Å². The van der Waals surface area contributed by atoms with E-state index in [4.69, 9.17) is 17.1 Å². The lowest BCUT2D eigenvalue weighted by Crippen LogP contribution is -2.34. The number of amides is 1. The van der Waals surface area contributed by atoms with Crippen LogP contribution in [0.25, 0.3) is 10.4 Å². The second-order valence-corrected chi connectivity index (χ2v) is 4.20. The van der Waals surface area contributed by atoms with Gasteiger partial charge >= 0.3 is 0 Å². The van der Waals surface area contributed by atoms with Crippen molar-refractivity contribution in [3.63, 3.8) is 0 Å². The van der Waals surface area contributed by atoms with Gasteiger partial charge in [-0.1, -0.05) is 16.7 Å². The molecule has 7 nitrogen and oxygen atoms in total. The van der Waals surface area contributed by atoms with Crippen LogP contribution in [0.3, 0.4) is 0 Å². The quantitative estimate of drug-likeness (QED) is 0.435. The molecule has 17 heavy (non-hydrogen) atoms. The maximum Gasteiger partial charge on any atom is 0.238 e. The molecule has 0 N–H and O–H groups in total. The highest BCUT2D eigenvalue weighted by molar-refractivity contribution is 6.30. The molecule has 0 spiro atoms. The highest BCUT2D eigenvalue weighted by atomic mass is 35.5. The van der Waals surface area contributed by atoms with E-state index in [2.05, 4.69) is 15.0 Å². The van der Waals surface area contributed by atoms with Gasteiger partial charge in [0.15, 0.2) is 0 Å². The van der Waals surface area contributed by atoms with Crippen molar-refractivity contribution in [3.05, 3.63) is 21.3 Å². The summed E-state index contributed by atoms with van der Waals surface area (Å²) in [7, 11) is 1.60. The summed E-state index contributed by atoms with van der Waals surface area (Å²) in [4.78, 5) is 20.3. The second-order valence-electron chi connectivity index (χ2n) is 3.85. The largest absolute Gasteiger partial charge is 0.301 e. The standard InChI is InChI=1S/C9H11ClN6O/c1-5-7(10)16-4-3-6(13-14-11)8(17)15(2)9(16)12-5/h6H,3-4H2,1-2H3. The number of hydrogen-bond donors (Lipinski definition) is 0. The Morgan fingerprint density at radius 2 is 2.35 bits per heavy atom. The Balaban J connectivity index is 2.46. The van der Waals surface area contributed by atoms with Crippen LogP contribution in [0.1, 0.15) is 12.1 Å². The number of likely N-dealkylation sites (N-methyl/N-ethyl adjacent to an activating group) is 1. The number of aromatic nitrogens is 2. The first kappa shape index (κ1) is 11.8. The normalized spacial score (nSPS) is 19.6. The van der Waals surface area contributed by atoms with Gasteiger partial charge < -0.3 is 4.57 Å². The molecule has 2 heterocycles. The third kappa shape index (κ3) is 1.83. The fourth-order valence-corrected chi connectivity index (χ4v) is 2.06. The van der Waals surface area contributed by atoms with Crippen molar-refractivity contribution in [1.29, 1.82) is 0 Å². The average Bonchev–Trinajstić information content (AvgIpc) is 2.53. The Bertz CT molecular complexity index is 518. The molecule has 1 atom stereocenters. The molecule has 0 aliphatic carbocycles. The monoisotopic (exact) mass is 254 g/mol. The number of carbonyl (C=O) groups is 1. The van der Waals surface area contributed by atoms with Crippen LogP contribution in [-0.4, -0.2) is 28.5 Å². The Hall–Kier alpha value is -1.72. The first-order valence-electron chi connectivity index (χ1n) is 5.10. The molecule has 1 aliphatic heterocycles. The van der Waals surface area contributed by atoms with Crippen molar-refractivity contribution >= 4 is 23.5 Å². The van der Waals surface area contributed by atoms with E-state index in [0.717, 1.165) is 0 Å². The predicted molar refractivity (Wildman–Crippen MR) is 62.9 cm³/mol. The minimum atomic E-state index is -0.692. The van der Waals surface area contributed by atoms with Crippen molar-refractivity contribution < 1.29 is 4.79 Å². The number of hydrogen-bond acceptors (Lipinski definition) is 3. The molecule has 8 heteroatoms. The van der Waals surface area contributed by atoms with Crippen molar-refractivity contribution in [2.24, 2.45) is 5.11 Å². The minimum Gasteiger partial charge on any atom is -0.301 e. The molecule has 1 aliphatic rings. The maximum atomic E-state index is 12.0. The highest BCUT2D eigenvalue weighted by Gasteiger charge is 2.30. The lowest BCUT2D eigenvalue weighted by atomic mass is 10.2. The molecule has 0 radical (unpaired) electrons. The number of rotatable bonds is 1. The minimum absolute atomic E-state index is 0.261. The van der Waals surface area contributed by atoms with E-state index < -0.39 is 6.04 Å². The molecule has 2 rings (SSSR count). The summed E-state index contributed by atoms with van der Waals surface area (Å²) in [5, 5.41) is 4.01. The Morgan fingerprint density at radius 3 is 3.00 bits per heavy atom. The summed E-state index contributed by atoms with van der Waals surface area (Å²) in [6, 6.07) is -0.692. The predicted octanol–water partition coefficient (Wildman–Crippen LogP) is 1.89. The third-order valence-corrected chi connectivity index (χ3v) is 3.26. The van der Waals surface area contributed by atoms with Crippen molar-refractivity contribution in [2.75, 3.05) is 11.9 Å². The fraction of sp³-hybridized carbons (Fsp3) is 0.556. The number of carbonyl (C=O) groups excluding carboxylic acids is 1. The summed E-state index contributed by atoms with van der Waals surface area (Å²) in [6.07, 6.45) is 0.426. The Kier molecular flexibility index (Phi) is 2.95. The summed E-state index contributed by atoms with van der Waals surface area (Å²) in [6.45, 7) is 2.29. The van der Waals surface area contributed by atoms with Gasteiger partial charge in [-0.15, -0.1) is 0 Å². The van der Waals surface area contributed by atoms with Crippen LogP contribution in [-0.2, 0) is 11.3 Å². The number of imidazole rings is 1. The lowest BCUT2D eigenvalue weighted by molar-refractivity contribution is -0.119. The number of halogens is 1. The van der Waals surface area contributed by atoms with Gasteiger partial charge in [0.25, 0.3) is 0 Å². The summed E-state index contributed by atoms with van der Waals surface area (Å²) in [5.74, 6) is 0.233. The maximum absolute atomic E-state index is 12.0. The van der Waals surface area contributed by atoms with Crippen LogP contribution in [0, 0.1) is 6.92 Å². The van der Waals surface area contributed by atoms with Crippen LogP contribution < -0.4 is 4.90 Å². The van der Waals surface area contributed by atoms with E-state index in [9.17, 15) is 4.79 Å². The van der Waals surface area contributed by atoms with Crippen molar-refractivity contribution in [2.45, 2.75) is 25.9 Å². The van der Waals surface area contributed by atoms with Crippen LogP contribution in [0.15, 0.2) is 5.11 Å². The van der Waals surface area contributed by atoms with Crippen molar-refractivity contribution in [3.8, 4) is 0 Å². The third-order valence-electron chi connectivity index (χ3n) is 2.78. The van der Waals surface area contributed by atoms with E-state index in [1.807, 2.05) is 0 Å².